The third-order valence-corrected chi connectivity index (χ3v) is 6.63. The summed E-state index contributed by atoms with van der Waals surface area (Å²) >= 11 is 0. The minimum atomic E-state index is -6.00. The summed E-state index contributed by atoms with van der Waals surface area (Å²) in [5.74, 6) is 0. The van der Waals surface area contributed by atoms with Gasteiger partial charge in [-0.1, -0.05) is 137 Å². The van der Waals surface area contributed by atoms with Crippen molar-refractivity contribution in [3.63, 3.8) is 0 Å². The molecule has 0 aromatic rings. The third kappa shape index (κ3) is 31.7. The summed E-state index contributed by atoms with van der Waals surface area (Å²) in [7, 11) is -6.00. The van der Waals surface area contributed by atoms with Crippen LogP contribution in [0.2, 0.25) is 0 Å². The highest BCUT2D eigenvalue weighted by molar-refractivity contribution is 6.50. The lowest BCUT2D eigenvalue weighted by atomic mass is 9.99. The van der Waals surface area contributed by atoms with Gasteiger partial charge in [-0.2, -0.15) is 0 Å². The third-order valence-electron chi connectivity index (χ3n) is 6.63. The highest BCUT2D eigenvalue weighted by Gasteiger charge is 2.20. The second kappa shape index (κ2) is 27.3. The summed E-state index contributed by atoms with van der Waals surface area (Å²) < 4.78 is 39.0. The molecule has 6 heteroatoms. The Hall–Kier alpha value is -0.255. The molecule has 0 aliphatic carbocycles. The van der Waals surface area contributed by atoms with E-state index in [-0.39, 0.29) is 0 Å². The zero-order valence-electron chi connectivity index (χ0n) is 23.4. The van der Waals surface area contributed by atoms with E-state index in [4.69, 9.17) is 0 Å². The van der Waals surface area contributed by atoms with E-state index in [1.165, 1.54) is 148 Å². The maximum atomic E-state index is 9.75. The predicted molar refractivity (Wildman–Crippen MR) is 145 cm³/mol. The van der Waals surface area contributed by atoms with E-state index in [9.17, 15) is 17.3 Å². The summed E-state index contributed by atoms with van der Waals surface area (Å²) in [6, 6.07) is 0.857. The van der Waals surface area contributed by atoms with Crippen LogP contribution in [-0.2, 0) is 0 Å². The topological polar surface area (TPSA) is 3.24 Å². The normalized spacial score (nSPS) is 12.6. The van der Waals surface area contributed by atoms with Gasteiger partial charge in [-0.05, 0) is 38.8 Å². The average Bonchev–Trinajstić information content (AvgIpc) is 2.78. The molecule has 0 aromatic heterocycles. The van der Waals surface area contributed by atoms with Crippen molar-refractivity contribution in [2.24, 2.45) is 0 Å². The summed E-state index contributed by atoms with van der Waals surface area (Å²) in [6.07, 6.45) is 30.1. The Labute approximate surface area is 211 Å². The molecule has 0 aliphatic rings. The fraction of sp³-hybridized carbons (Fsp3) is 1.00. The van der Waals surface area contributed by atoms with E-state index in [0.29, 0.717) is 0 Å². The molecule has 0 aromatic carbocycles. The molecule has 34 heavy (non-hydrogen) atoms. The van der Waals surface area contributed by atoms with E-state index < -0.39 is 7.25 Å². The van der Waals surface area contributed by atoms with Gasteiger partial charge >= 0.3 is 7.25 Å². The van der Waals surface area contributed by atoms with Crippen LogP contribution in [0.4, 0.5) is 17.3 Å². The zero-order valence-corrected chi connectivity index (χ0v) is 23.4. The fourth-order valence-electron chi connectivity index (χ4n) is 4.62. The predicted octanol–water partition coefficient (Wildman–Crippen LogP) is 11.2. The molecule has 0 saturated carbocycles. The monoisotopic (exact) mass is 496 g/mol. The second-order valence-electron chi connectivity index (χ2n) is 10.1. The van der Waals surface area contributed by atoms with Crippen LogP contribution < -0.4 is 0 Å². The van der Waals surface area contributed by atoms with E-state index >= 15 is 0 Å². The van der Waals surface area contributed by atoms with E-state index in [2.05, 4.69) is 32.6 Å². The lowest BCUT2D eigenvalue weighted by Gasteiger charge is -2.32. The number of rotatable bonds is 24. The van der Waals surface area contributed by atoms with Crippen LogP contribution in [0, 0.1) is 0 Å². The summed E-state index contributed by atoms with van der Waals surface area (Å²) in [5, 5.41) is 0. The SMILES string of the molecule is CCCCCCCCCCCCCCCCC(CCC)N(CCCC)CCCC.F[B-](F)(F)F. The molecule has 0 amide bonds. The number of halogens is 4. The Morgan fingerprint density at radius 1 is 0.441 bits per heavy atom. The van der Waals surface area contributed by atoms with E-state index in [0.717, 1.165) is 6.04 Å². The Kier molecular flexibility index (Phi) is 28.9. The molecule has 0 N–H and O–H groups in total. The summed E-state index contributed by atoms with van der Waals surface area (Å²) in [6.45, 7) is 12.0. The first-order valence-electron chi connectivity index (χ1n) is 14.9. The van der Waals surface area contributed by atoms with Crippen LogP contribution in [-0.4, -0.2) is 31.3 Å². The maximum absolute atomic E-state index is 9.75. The standard InChI is InChI=1S/C28H59N.BF4/c1-5-9-12-13-14-15-16-17-18-19-20-21-22-23-25-28(24-8-4)29(26-10-6-2)27-11-7-3;2-1(3,4)5/h28H,5-27H2,1-4H3;/q;-1. The van der Waals surface area contributed by atoms with Gasteiger partial charge in [-0.3, -0.25) is 0 Å². The van der Waals surface area contributed by atoms with Gasteiger partial charge in [-0.15, -0.1) is 0 Å². The highest BCUT2D eigenvalue weighted by Crippen LogP contribution is 2.19. The molecule has 1 atom stereocenters. The van der Waals surface area contributed by atoms with Gasteiger partial charge in [-0.25, -0.2) is 0 Å². The minimum Gasteiger partial charge on any atom is -0.418 e. The van der Waals surface area contributed by atoms with Crippen molar-refractivity contribution < 1.29 is 17.3 Å². The quantitative estimate of drug-likeness (QED) is 0.0730. The molecular formula is C28H59BF4N-. The number of hydrogen-bond donors (Lipinski definition) is 0. The molecule has 0 saturated heterocycles. The van der Waals surface area contributed by atoms with Crippen molar-refractivity contribution in [2.75, 3.05) is 13.1 Å². The van der Waals surface area contributed by atoms with E-state index in [1.54, 1.807) is 0 Å². The molecule has 0 spiro atoms. The summed E-state index contributed by atoms with van der Waals surface area (Å²) in [4.78, 5) is 2.85. The van der Waals surface area contributed by atoms with Gasteiger partial charge in [0, 0.05) is 6.04 Å². The lowest BCUT2D eigenvalue weighted by Crippen LogP contribution is -2.37. The molecule has 0 fully saturated rings. The van der Waals surface area contributed by atoms with Crippen LogP contribution in [0.25, 0.3) is 0 Å². The zero-order chi connectivity index (χ0) is 25.9. The minimum absolute atomic E-state index is 0.857. The first-order valence-corrected chi connectivity index (χ1v) is 14.9. The number of nitrogens with zero attached hydrogens (tertiary/aromatic N) is 1. The van der Waals surface area contributed by atoms with Gasteiger partial charge in [0.1, 0.15) is 0 Å². The van der Waals surface area contributed by atoms with Crippen molar-refractivity contribution in [2.45, 2.75) is 169 Å². The molecule has 0 aliphatic heterocycles. The molecule has 0 radical (unpaired) electrons. The smallest absolute Gasteiger partial charge is 0.418 e. The van der Waals surface area contributed by atoms with Gasteiger partial charge in [0.25, 0.3) is 0 Å². The molecule has 208 valence electrons. The first kappa shape index (κ1) is 35.9. The van der Waals surface area contributed by atoms with Crippen molar-refractivity contribution in [1.29, 1.82) is 0 Å². The fourth-order valence-corrected chi connectivity index (χ4v) is 4.62. The summed E-state index contributed by atoms with van der Waals surface area (Å²) in [5.41, 5.74) is 0. The van der Waals surface area contributed by atoms with E-state index in [1.807, 2.05) is 0 Å². The number of unbranched alkanes of at least 4 members (excludes halogenated alkanes) is 15. The van der Waals surface area contributed by atoms with Crippen molar-refractivity contribution in [3.05, 3.63) is 0 Å². The Morgan fingerprint density at radius 2 is 0.765 bits per heavy atom. The van der Waals surface area contributed by atoms with Gasteiger partial charge in [0.05, 0.1) is 0 Å². The van der Waals surface area contributed by atoms with Crippen LogP contribution in [0.5, 0.6) is 0 Å². The number of hydrogen-bond acceptors (Lipinski definition) is 1. The Balaban J connectivity index is 0. The molecule has 1 unspecified atom stereocenters. The van der Waals surface area contributed by atoms with Gasteiger partial charge in [0.15, 0.2) is 0 Å². The lowest BCUT2D eigenvalue weighted by molar-refractivity contribution is 0.167. The van der Waals surface area contributed by atoms with Crippen LogP contribution in [0.1, 0.15) is 163 Å². The molecule has 1 nitrogen and oxygen atoms in total. The largest absolute Gasteiger partial charge is 0.673 e. The van der Waals surface area contributed by atoms with Crippen molar-refractivity contribution in [1.82, 2.24) is 4.90 Å². The first-order chi connectivity index (χ1) is 16.3. The van der Waals surface area contributed by atoms with Gasteiger partial charge < -0.3 is 22.2 Å². The van der Waals surface area contributed by atoms with Crippen LogP contribution in [0.15, 0.2) is 0 Å². The van der Waals surface area contributed by atoms with Crippen LogP contribution >= 0.6 is 0 Å². The molecular weight excluding hydrogens is 437 g/mol. The van der Waals surface area contributed by atoms with Crippen molar-refractivity contribution >= 4 is 7.25 Å². The molecule has 0 bridgehead atoms. The van der Waals surface area contributed by atoms with Crippen molar-refractivity contribution in [3.8, 4) is 0 Å². The maximum Gasteiger partial charge on any atom is 0.673 e. The second-order valence-corrected chi connectivity index (χ2v) is 10.1. The Morgan fingerprint density at radius 3 is 1.09 bits per heavy atom. The Bertz CT molecular complexity index is 366. The molecule has 0 rings (SSSR count). The molecule has 0 heterocycles. The average molecular weight is 497 g/mol. The highest BCUT2D eigenvalue weighted by atomic mass is 19.5. The van der Waals surface area contributed by atoms with Crippen LogP contribution in [0.3, 0.4) is 0 Å². The van der Waals surface area contributed by atoms with Gasteiger partial charge in [0.2, 0.25) is 0 Å².